The van der Waals surface area contributed by atoms with Gasteiger partial charge in [-0.05, 0) is 93.7 Å². The number of rotatable bonds is 8. The molecule has 0 unspecified atom stereocenters. The molecule has 12 aromatic rings. The van der Waals surface area contributed by atoms with Gasteiger partial charge in [0.1, 0.15) is 11.3 Å². The first kappa shape index (κ1) is 37.2. The van der Waals surface area contributed by atoms with Gasteiger partial charge in [0, 0.05) is 44.3 Å². The molecule has 0 saturated heterocycles. The van der Waals surface area contributed by atoms with Crippen LogP contribution in [0, 0.1) is 0 Å². The van der Waals surface area contributed by atoms with E-state index in [1.807, 2.05) is 42.5 Å². The van der Waals surface area contributed by atoms with Crippen LogP contribution >= 0.6 is 0 Å². The fourth-order valence-corrected chi connectivity index (χ4v) is 9.08. The largest absolute Gasteiger partial charge is 0.455 e. The maximum atomic E-state index is 6.96. The standard InChI is InChI=1S/C60H39N3O/c1-4-17-42(18-5-1)53-39-54(43-19-6-2-7-20-43)62-60(61-53)44-31-28-41(29-32-44)48-35-49(56-38-46-22-12-14-26-55(46)63(56)51-23-8-3-9-24-51)37-50(36-48)59-58(52-25-13-15-27-57(52)64-59)47-33-30-40-16-10-11-21-45(40)34-47/h1-39H. The maximum Gasteiger partial charge on any atom is 0.160 e. The number of benzene rings is 9. The van der Waals surface area contributed by atoms with Crippen molar-refractivity contribution in [3.05, 3.63) is 237 Å². The summed E-state index contributed by atoms with van der Waals surface area (Å²) >= 11 is 0. The molecule has 4 heteroatoms. The Labute approximate surface area is 371 Å². The molecule has 0 atom stereocenters. The van der Waals surface area contributed by atoms with Crippen LogP contribution in [0.2, 0.25) is 0 Å². The highest BCUT2D eigenvalue weighted by molar-refractivity contribution is 6.04. The number of aromatic nitrogens is 3. The van der Waals surface area contributed by atoms with Gasteiger partial charge in [0.15, 0.2) is 5.82 Å². The number of para-hydroxylation sites is 3. The van der Waals surface area contributed by atoms with E-state index in [0.717, 1.165) is 95.1 Å². The maximum absolute atomic E-state index is 6.96. The summed E-state index contributed by atoms with van der Waals surface area (Å²) in [5.74, 6) is 1.51. The third-order valence-electron chi connectivity index (χ3n) is 12.2. The zero-order chi connectivity index (χ0) is 42.4. The minimum absolute atomic E-state index is 0.677. The van der Waals surface area contributed by atoms with Crippen molar-refractivity contribution in [1.29, 1.82) is 0 Å². The quantitative estimate of drug-likeness (QED) is 0.153. The lowest BCUT2D eigenvalue weighted by Gasteiger charge is -2.15. The Kier molecular flexibility index (Phi) is 9.12. The Morgan fingerprint density at radius 2 is 0.906 bits per heavy atom. The van der Waals surface area contributed by atoms with Gasteiger partial charge in [-0.2, -0.15) is 0 Å². The minimum atomic E-state index is 0.677. The predicted molar refractivity (Wildman–Crippen MR) is 264 cm³/mol. The van der Waals surface area contributed by atoms with Crippen LogP contribution in [-0.2, 0) is 0 Å². The van der Waals surface area contributed by atoms with Gasteiger partial charge in [0.25, 0.3) is 0 Å². The van der Waals surface area contributed by atoms with Gasteiger partial charge in [-0.15, -0.1) is 0 Å². The second-order valence-corrected chi connectivity index (χ2v) is 16.2. The molecule has 0 amide bonds. The summed E-state index contributed by atoms with van der Waals surface area (Å²) in [6, 6.07) is 83.4. The number of furan rings is 1. The highest BCUT2D eigenvalue weighted by Crippen LogP contribution is 2.45. The van der Waals surface area contributed by atoms with Crippen molar-refractivity contribution in [2.45, 2.75) is 0 Å². The van der Waals surface area contributed by atoms with Crippen LogP contribution in [0.5, 0.6) is 0 Å². The highest BCUT2D eigenvalue weighted by Gasteiger charge is 2.22. The summed E-state index contributed by atoms with van der Waals surface area (Å²) in [4.78, 5) is 10.2. The molecule has 0 bridgehead atoms. The molecule has 0 aliphatic heterocycles. The van der Waals surface area contributed by atoms with Crippen LogP contribution in [0.15, 0.2) is 241 Å². The van der Waals surface area contributed by atoms with Crippen molar-refractivity contribution >= 4 is 32.6 Å². The molecule has 0 fully saturated rings. The fraction of sp³-hybridized carbons (Fsp3) is 0. The van der Waals surface area contributed by atoms with Gasteiger partial charge < -0.3 is 8.98 Å². The Hall–Kier alpha value is -8.60. The second-order valence-electron chi connectivity index (χ2n) is 16.2. The summed E-state index contributed by atoms with van der Waals surface area (Å²) in [5, 5.41) is 4.64. The second kappa shape index (κ2) is 15.7. The van der Waals surface area contributed by atoms with E-state index >= 15 is 0 Å². The Balaban J connectivity index is 1.05. The van der Waals surface area contributed by atoms with E-state index in [1.165, 1.54) is 16.2 Å². The van der Waals surface area contributed by atoms with E-state index in [2.05, 4.69) is 199 Å². The summed E-state index contributed by atoms with van der Waals surface area (Å²) in [6.45, 7) is 0. The van der Waals surface area contributed by atoms with Crippen molar-refractivity contribution in [3.63, 3.8) is 0 Å². The smallest absolute Gasteiger partial charge is 0.160 e. The molecule has 0 saturated carbocycles. The predicted octanol–water partition coefficient (Wildman–Crippen LogP) is 16.0. The lowest BCUT2D eigenvalue weighted by molar-refractivity contribution is 0.632. The highest BCUT2D eigenvalue weighted by atomic mass is 16.3. The molecule has 12 rings (SSSR count). The van der Waals surface area contributed by atoms with Crippen molar-refractivity contribution < 1.29 is 4.42 Å². The van der Waals surface area contributed by atoms with E-state index < -0.39 is 0 Å². The first-order valence-corrected chi connectivity index (χ1v) is 21.6. The molecule has 3 aromatic heterocycles. The Bertz CT molecular complexity index is 3590. The van der Waals surface area contributed by atoms with Crippen molar-refractivity contribution in [3.8, 4) is 84.4 Å². The van der Waals surface area contributed by atoms with E-state index in [1.54, 1.807) is 0 Å². The Morgan fingerprint density at radius 1 is 0.344 bits per heavy atom. The first-order chi connectivity index (χ1) is 31.7. The molecule has 0 aliphatic carbocycles. The first-order valence-electron chi connectivity index (χ1n) is 21.6. The van der Waals surface area contributed by atoms with Crippen LogP contribution in [-0.4, -0.2) is 14.5 Å². The SMILES string of the molecule is c1ccc(-c2cc(-c3ccccc3)nc(-c3ccc(-c4cc(-c5oc6ccccc6c5-c5ccc6ccccc6c5)cc(-c5cc6ccccc6n5-c5ccccc5)c4)cc3)n2)cc1. The topological polar surface area (TPSA) is 43.9 Å². The average molecular weight is 818 g/mol. The number of hydrogen-bond acceptors (Lipinski definition) is 3. The molecule has 64 heavy (non-hydrogen) atoms. The molecule has 0 N–H and O–H groups in total. The van der Waals surface area contributed by atoms with Crippen molar-refractivity contribution in [2.75, 3.05) is 0 Å². The monoisotopic (exact) mass is 817 g/mol. The number of hydrogen-bond donors (Lipinski definition) is 0. The van der Waals surface area contributed by atoms with E-state index in [9.17, 15) is 0 Å². The van der Waals surface area contributed by atoms with E-state index in [-0.39, 0.29) is 0 Å². The molecule has 0 aliphatic rings. The average Bonchev–Trinajstić information content (AvgIpc) is 3.97. The number of nitrogens with zero attached hydrogens (tertiary/aromatic N) is 3. The summed E-state index contributed by atoms with van der Waals surface area (Å²) in [7, 11) is 0. The normalized spacial score (nSPS) is 11.4. The van der Waals surface area contributed by atoms with Crippen LogP contribution in [0.4, 0.5) is 0 Å². The van der Waals surface area contributed by atoms with Gasteiger partial charge in [-0.3, -0.25) is 0 Å². The summed E-state index contributed by atoms with van der Waals surface area (Å²) in [6.07, 6.45) is 0. The third kappa shape index (κ3) is 6.75. The molecule has 300 valence electrons. The molecule has 4 nitrogen and oxygen atoms in total. The summed E-state index contributed by atoms with van der Waals surface area (Å²) < 4.78 is 9.32. The Morgan fingerprint density at radius 3 is 1.64 bits per heavy atom. The fourth-order valence-electron chi connectivity index (χ4n) is 9.08. The van der Waals surface area contributed by atoms with Crippen LogP contribution < -0.4 is 0 Å². The molecule has 0 spiro atoms. The van der Waals surface area contributed by atoms with Crippen LogP contribution in [0.3, 0.4) is 0 Å². The van der Waals surface area contributed by atoms with Crippen LogP contribution in [0.1, 0.15) is 0 Å². The molecular weight excluding hydrogens is 779 g/mol. The molecular formula is C60H39N3O. The summed E-state index contributed by atoms with van der Waals surface area (Å²) in [5.41, 5.74) is 15.4. The zero-order valence-electron chi connectivity index (χ0n) is 34.8. The van der Waals surface area contributed by atoms with Crippen molar-refractivity contribution in [2.24, 2.45) is 0 Å². The lowest BCUT2D eigenvalue weighted by Crippen LogP contribution is -1.97. The third-order valence-corrected chi connectivity index (χ3v) is 12.2. The van der Waals surface area contributed by atoms with E-state index in [0.29, 0.717) is 5.82 Å². The lowest BCUT2D eigenvalue weighted by atomic mass is 9.92. The van der Waals surface area contributed by atoms with Crippen molar-refractivity contribution in [1.82, 2.24) is 14.5 Å². The molecule has 0 radical (unpaired) electrons. The molecule has 3 heterocycles. The number of fused-ring (bicyclic) bond motifs is 3. The van der Waals surface area contributed by atoms with Gasteiger partial charge in [0.05, 0.1) is 22.6 Å². The van der Waals surface area contributed by atoms with Crippen LogP contribution in [0.25, 0.3) is 117 Å². The van der Waals surface area contributed by atoms with Gasteiger partial charge >= 0.3 is 0 Å². The van der Waals surface area contributed by atoms with Gasteiger partial charge in [-0.25, -0.2) is 9.97 Å². The molecule has 9 aromatic carbocycles. The zero-order valence-corrected chi connectivity index (χ0v) is 34.8. The van der Waals surface area contributed by atoms with Gasteiger partial charge in [-0.1, -0.05) is 176 Å². The minimum Gasteiger partial charge on any atom is -0.455 e. The van der Waals surface area contributed by atoms with Gasteiger partial charge in [0.2, 0.25) is 0 Å². The van der Waals surface area contributed by atoms with E-state index in [4.69, 9.17) is 14.4 Å².